The molecule has 0 bridgehead atoms. The van der Waals surface area contributed by atoms with E-state index in [0.717, 1.165) is 0 Å². The molecule has 3 nitrogen and oxygen atoms in total. The molecule has 0 aromatic rings. The lowest BCUT2D eigenvalue weighted by molar-refractivity contribution is -0.0464. The van der Waals surface area contributed by atoms with Crippen LogP contribution in [0, 0.1) is 0 Å². The van der Waals surface area contributed by atoms with Crippen molar-refractivity contribution >= 4 is 10.0 Å². The van der Waals surface area contributed by atoms with Crippen LogP contribution >= 0.6 is 0 Å². The van der Waals surface area contributed by atoms with Crippen LogP contribution in [0.4, 0.5) is 13.2 Å². The largest absolute Gasteiger partial charge is 0.561 e. The number of hydrogen-bond donors (Lipinski definition) is 0. The molecule has 2 unspecified atom stereocenters. The molecule has 4 atom stereocenters. The Kier molecular flexibility index (Phi) is 1.81. The van der Waals surface area contributed by atoms with Crippen LogP contribution in [-0.4, -0.2) is 30.3 Å². The van der Waals surface area contributed by atoms with E-state index in [-0.39, 0.29) is 0 Å². The number of nitrogens with zero attached hydrogens (tertiary/aromatic N) is 1. The fourth-order valence-corrected chi connectivity index (χ4v) is 2.68. The van der Waals surface area contributed by atoms with Gasteiger partial charge in [0.25, 0.3) is 0 Å². The number of allylic oxidation sites excluding steroid dienone is 2. The molecule has 7 heteroatoms. The Morgan fingerprint density at radius 3 is 2.00 bits per heavy atom. The summed E-state index contributed by atoms with van der Waals surface area (Å²) in [5.41, 5.74) is -5.09. The summed E-state index contributed by atoms with van der Waals surface area (Å²) in [6.45, 7) is 0. The van der Waals surface area contributed by atoms with Gasteiger partial charge in [0.1, 0.15) is 0 Å². The standard InChI is InChI=1S/C7H6F3NO2S/c8-7(9,10)14(12,13)11-5-3-1-2-4-6(5)11/h1-6H/p+1/t5-,6+,11?. The molecule has 1 aliphatic carbocycles. The van der Waals surface area contributed by atoms with Gasteiger partial charge in [-0.15, -0.1) is 4.31 Å². The molecule has 1 aliphatic heterocycles. The van der Waals surface area contributed by atoms with E-state index >= 15 is 0 Å². The van der Waals surface area contributed by atoms with Gasteiger partial charge in [-0.1, -0.05) is 24.3 Å². The lowest BCUT2D eigenvalue weighted by Gasteiger charge is -2.02. The summed E-state index contributed by atoms with van der Waals surface area (Å²) in [4.78, 5) is 0. The predicted octanol–water partition coefficient (Wildman–Crippen LogP) is 1.17. The van der Waals surface area contributed by atoms with Crippen molar-refractivity contribution < 1.29 is 21.6 Å². The van der Waals surface area contributed by atoms with Gasteiger partial charge in [0.15, 0.2) is 0 Å². The van der Waals surface area contributed by atoms with Crippen LogP contribution in [0.15, 0.2) is 24.3 Å². The second-order valence-corrected chi connectivity index (χ2v) is 4.93. The molecule has 0 radical (unpaired) electrons. The highest BCUT2D eigenvalue weighted by atomic mass is 32.2. The van der Waals surface area contributed by atoms with Crippen molar-refractivity contribution in [2.45, 2.75) is 17.6 Å². The first kappa shape index (κ1) is 9.72. The van der Waals surface area contributed by atoms with Crippen LogP contribution in [0.5, 0.6) is 0 Å². The zero-order valence-electron chi connectivity index (χ0n) is 6.81. The third-order valence-electron chi connectivity index (χ3n) is 2.16. The van der Waals surface area contributed by atoms with Gasteiger partial charge >= 0.3 is 15.5 Å². The first-order valence-electron chi connectivity index (χ1n) is 3.82. The molecule has 1 heterocycles. The van der Waals surface area contributed by atoms with Crippen LogP contribution in [0.2, 0.25) is 0 Å². The SMILES string of the molecule is O=S(=[OH+])(N1[C@@H]2C=CC=C[C@@H]21)C(F)(F)F. The Morgan fingerprint density at radius 1 is 1.21 bits per heavy atom. The number of alkyl halides is 3. The van der Waals surface area contributed by atoms with Crippen LogP contribution in [0.3, 0.4) is 0 Å². The van der Waals surface area contributed by atoms with Crippen LogP contribution < -0.4 is 0 Å². The Morgan fingerprint density at radius 2 is 1.64 bits per heavy atom. The van der Waals surface area contributed by atoms with Crippen molar-refractivity contribution in [3.8, 4) is 0 Å². The maximum Gasteiger partial charge on any atom is 0.561 e. The predicted molar refractivity (Wildman–Crippen MR) is 43.8 cm³/mol. The topological polar surface area (TPSA) is 41.5 Å². The molecule has 1 fully saturated rings. The van der Waals surface area contributed by atoms with Crippen molar-refractivity contribution in [1.29, 1.82) is 0 Å². The summed E-state index contributed by atoms with van der Waals surface area (Å²) in [5, 5.41) is 0. The average Bonchev–Trinajstić information content (AvgIpc) is 2.75. The maximum absolute atomic E-state index is 12.1. The van der Waals surface area contributed by atoms with E-state index in [0.29, 0.717) is 4.31 Å². The fourth-order valence-electron chi connectivity index (χ4n) is 1.45. The highest BCUT2D eigenvalue weighted by Crippen LogP contribution is 2.42. The molecule has 0 spiro atoms. The number of halogens is 3. The molecule has 0 aromatic heterocycles. The van der Waals surface area contributed by atoms with Crippen molar-refractivity contribution in [3.63, 3.8) is 0 Å². The molecule has 78 valence electrons. The molecule has 0 amide bonds. The summed E-state index contributed by atoms with van der Waals surface area (Å²) >= 11 is 0. The summed E-state index contributed by atoms with van der Waals surface area (Å²) < 4.78 is 56.9. The second kappa shape index (κ2) is 2.60. The van der Waals surface area contributed by atoms with E-state index in [9.17, 15) is 17.4 Å². The Labute approximate surface area is 78.6 Å². The van der Waals surface area contributed by atoms with Gasteiger partial charge in [0.2, 0.25) is 0 Å². The summed E-state index contributed by atoms with van der Waals surface area (Å²) in [6.07, 6.45) is 6.08. The monoisotopic (exact) mass is 226 g/mol. The van der Waals surface area contributed by atoms with Crippen molar-refractivity contribution in [1.82, 2.24) is 4.31 Å². The molecule has 2 rings (SSSR count). The third kappa shape index (κ3) is 1.19. The Hall–Kier alpha value is -0.820. The second-order valence-electron chi connectivity index (χ2n) is 3.05. The number of rotatable bonds is 1. The quantitative estimate of drug-likeness (QED) is 0.489. The molecular formula is C7H7F3NO2S+. The van der Waals surface area contributed by atoms with E-state index in [2.05, 4.69) is 0 Å². The zero-order chi connectivity index (χ0) is 10.6. The maximum atomic E-state index is 12.1. The van der Waals surface area contributed by atoms with Gasteiger partial charge < -0.3 is 0 Å². The summed E-state index contributed by atoms with van der Waals surface area (Å²) in [5.74, 6) is 0. The van der Waals surface area contributed by atoms with Crippen molar-refractivity contribution in [2.24, 2.45) is 0 Å². The summed E-state index contributed by atoms with van der Waals surface area (Å²) in [7, 11) is -4.90. The smallest absolute Gasteiger partial charge is 0.206 e. The van der Waals surface area contributed by atoms with Gasteiger partial charge in [-0.2, -0.15) is 17.4 Å². The normalized spacial score (nSPS) is 38.9. The third-order valence-corrected chi connectivity index (χ3v) is 3.82. The van der Waals surface area contributed by atoms with Gasteiger partial charge in [-0.05, 0) is 0 Å². The molecule has 0 saturated carbocycles. The summed E-state index contributed by atoms with van der Waals surface area (Å²) in [6, 6.07) is -1.17. The lowest BCUT2D eigenvalue weighted by atomic mass is 10.2. The lowest BCUT2D eigenvalue weighted by Crippen LogP contribution is -2.31. The minimum absolute atomic E-state index is 0.562. The first-order chi connectivity index (χ1) is 6.36. The van der Waals surface area contributed by atoms with Crippen LogP contribution in [0.25, 0.3) is 0 Å². The van der Waals surface area contributed by atoms with E-state index in [1.54, 1.807) is 12.2 Å². The van der Waals surface area contributed by atoms with Crippen molar-refractivity contribution in [3.05, 3.63) is 24.3 Å². The van der Waals surface area contributed by atoms with E-state index < -0.39 is 27.6 Å². The number of fused-ring (bicyclic) bond motifs is 1. The molecular weight excluding hydrogens is 219 g/mol. The van der Waals surface area contributed by atoms with Gasteiger partial charge in [0.05, 0.1) is 12.1 Å². The Bertz CT molecular complexity index is 391. The molecule has 2 aliphatic rings. The molecule has 1 saturated heterocycles. The highest BCUT2D eigenvalue weighted by Gasteiger charge is 2.67. The van der Waals surface area contributed by atoms with Crippen molar-refractivity contribution in [2.75, 3.05) is 0 Å². The minimum atomic E-state index is -5.09. The van der Waals surface area contributed by atoms with E-state index in [1.165, 1.54) is 12.2 Å². The molecule has 14 heavy (non-hydrogen) atoms. The molecule has 0 aromatic carbocycles. The Balaban J connectivity index is 2.29. The molecule has 1 N–H and O–H groups in total. The van der Waals surface area contributed by atoms with Gasteiger partial charge in [-0.3, -0.25) is 0 Å². The van der Waals surface area contributed by atoms with Crippen LogP contribution in [0.1, 0.15) is 0 Å². The fraction of sp³-hybridized carbons (Fsp3) is 0.429. The van der Waals surface area contributed by atoms with E-state index in [1.807, 2.05) is 0 Å². The highest BCUT2D eigenvalue weighted by molar-refractivity contribution is 7.90. The first-order valence-corrected chi connectivity index (χ1v) is 5.29. The zero-order valence-corrected chi connectivity index (χ0v) is 7.63. The van der Waals surface area contributed by atoms with E-state index in [4.69, 9.17) is 4.21 Å². The number of hydrogen-bond acceptors (Lipinski definition) is 1. The van der Waals surface area contributed by atoms with Gasteiger partial charge in [-0.25, -0.2) is 4.21 Å². The van der Waals surface area contributed by atoms with Gasteiger partial charge in [0, 0.05) is 0 Å². The van der Waals surface area contributed by atoms with Crippen LogP contribution in [-0.2, 0) is 10.0 Å². The minimum Gasteiger partial charge on any atom is -0.206 e. The average molecular weight is 226 g/mol.